The van der Waals surface area contributed by atoms with E-state index in [4.69, 9.17) is 11.6 Å². The largest absolute Gasteiger partial charge is 0.312 e. The van der Waals surface area contributed by atoms with Crippen LogP contribution in [-0.2, 0) is 6.54 Å². The van der Waals surface area contributed by atoms with E-state index in [2.05, 4.69) is 18.3 Å². The summed E-state index contributed by atoms with van der Waals surface area (Å²) in [5.41, 5.74) is 1.76. The summed E-state index contributed by atoms with van der Waals surface area (Å²) >= 11 is 6.15. The third kappa shape index (κ3) is 3.23. The Bertz CT molecular complexity index is 356. The van der Waals surface area contributed by atoms with Crippen molar-refractivity contribution >= 4 is 11.6 Å². The van der Waals surface area contributed by atoms with Crippen LogP contribution in [0.2, 0.25) is 5.02 Å². The van der Waals surface area contributed by atoms with Crippen molar-refractivity contribution in [3.63, 3.8) is 0 Å². The lowest BCUT2D eigenvalue weighted by Gasteiger charge is -2.27. The van der Waals surface area contributed by atoms with E-state index in [0.29, 0.717) is 5.41 Å². The lowest BCUT2D eigenvalue weighted by Crippen LogP contribution is -2.31. The second-order valence-electron chi connectivity index (χ2n) is 5.26. The summed E-state index contributed by atoms with van der Waals surface area (Å²) < 4.78 is 0. The minimum Gasteiger partial charge on any atom is -0.312 e. The highest BCUT2D eigenvalue weighted by Gasteiger charge is 2.31. The predicted molar refractivity (Wildman–Crippen MR) is 74.4 cm³/mol. The minimum atomic E-state index is 0.557. The molecule has 94 valence electrons. The van der Waals surface area contributed by atoms with Gasteiger partial charge >= 0.3 is 0 Å². The van der Waals surface area contributed by atoms with E-state index in [1.54, 1.807) is 0 Å². The molecule has 1 aliphatic carbocycles. The van der Waals surface area contributed by atoms with Gasteiger partial charge in [0.05, 0.1) is 0 Å². The van der Waals surface area contributed by atoms with Gasteiger partial charge in [-0.05, 0) is 36.3 Å². The molecule has 0 spiro atoms. The van der Waals surface area contributed by atoms with Gasteiger partial charge in [-0.2, -0.15) is 0 Å². The van der Waals surface area contributed by atoms with Gasteiger partial charge in [-0.25, -0.2) is 0 Å². The van der Waals surface area contributed by atoms with Crippen molar-refractivity contribution < 1.29 is 0 Å². The molecule has 1 nitrogen and oxygen atoms in total. The Hall–Kier alpha value is -0.530. The van der Waals surface area contributed by atoms with E-state index in [1.807, 2.05) is 18.2 Å². The summed E-state index contributed by atoms with van der Waals surface area (Å²) in [6.45, 7) is 4.35. The van der Waals surface area contributed by atoms with Gasteiger partial charge in [-0.3, -0.25) is 0 Å². The number of hydrogen-bond acceptors (Lipinski definition) is 1. The topological polar surface area (TPSA) is 12.0 Å². The average molecular weight is 252 g/mol. The Morgan fingerprint density at radius 2 is 1.94 bits per heavy atom. The van der Waals surface area contributed by atoms with Gasteiger partial charge in [0, 0.05) is 18.1 Å². The Morgan fingerprint density at radius 1 is 1.24 bits per heavy atom. The Labute approximate surface area is 110 Å². The number of hydrogen-bond donors (Lipinski definition) is 1. The van der Waals surface area contributed by atoms with Gasteiger partial charge < -0.3 is 5.32 Å². The van der Waals surface area contributed by atoms with Gasteiger partial charge in [0.1, 0.15) is 0 Å². The maximum Gasteiger partial charge on any atom is 0.0450 e. The van der Waals surface area contributed by atoms with E-state index < -0.39 is 0 Å². The highest BCUT2D eigenvalue weighted by Crippen LogP contribution is 2.40. The van der Waals surface area contributed by atoms with Crippen molar-refractivity contribution in [1.82, 2.24) is 5.32 Å². The quantitative estimate of drug-likeness (QED) is 0.818. The number of halogens is 1. The maximum absolute atomic E-state index is 6.15. The third-order valence-corrected chi connectivity index (χ3v) is 4.56. The molecule has 0 bridgehead atoms. The average Bonchev–Trinajstić information content (AvgIpc) is 2.81. The van der Waals surface area contributed by atoms with Crippen LogP contribution >= 0.6 is 11.6 Å². The van der Waals surface area contributed by atoms with Crippen LogP contribution in [0.25, 0.3) is 0 Å². The zero-order chi connectivity index (χ0) is 12.1. The molecule has 0 radical (unpaired) electrons. The summed E-state index contributed by atoms with van der Waals surface area (Å²) in [5, 5.41) is 4.46. The highest BCUT2D eigenvalue weighted by atomic mass is 35.5. The minimum absolute atomic E-state index is 0.557. The first-order valence-electron chi connectivity index (χ1n) is 6.70. The zero-order valence-corrected chi connectivity index (χ0v) is 11.4. The molecule has 0 unspecified atom stereocenters. The molecule has 0 aromatic heterocycles. The van der Waals surface area contributed by atoms with Crippen molar-refractivity contribution in [2.45, 2.75) is 45.6 Å². The molecule has 0 amide bonds. The molecule has 0 heterocycles. The van der Waals surface area contributed by atoms with Gasteiger partial charge in [0.25, 0.3) is 0 Å². The fourth-order valence-electron chi connectivity index (χ4n) is 2.88. The van der Waals surface area contributed by atoms with Crippen LogP contribution in [0.3, 0.4) is 0 Å². The molecular formula is C15H22ClN. The monoisotopic (exact) mass is 251 g/mol. The first-order valence-corrected chi connectivity index (χ1v) is 7.08. The van der Waals surface area contributed by atoms with Crippen LogP contribution in [0.4, 0.5) is 0 Å². The van der Waals surface area contributed by atoms with Crippen LogP contribution in [0.5, 0.6) is 0 Å². The molecule has 0 saturated heterocycles. The molecule has 1 fully saturated rings. The molecule has 17 heavy (non-hydrogen) atoms. The summed E-state index contributed by atoms with van der Waals surface area (Å²) in [4.78, 5) is 0. The number of rotatable bonds is 5. The second-order valence-corrected chi connectivity index (χ2v) is 5.66. The van der Waals surface area contributed by atoms with Crippen molar-refractivity contribution in [2.24, 2.45) is 5.41 Å². The molecule has 1 N–H and O–H groups in total. The van der Waals surface area contributed by atoms with Crippen LogP contribution < -0.4 is 5.32 Å². The van der Waals surface area contributed by atoms with Crippen LogP contribution in [0, 0.1) is 5.41 Å². The lowest BCUT2D eigenvalue weighted by molar-refractivity contribution is 0.268. The Kier molecular flexibility index (Phi) is 4.47. The molecule has 2 heteroatoms. The summed E-state index contributed by atoms with van der Waals surface area (Å²) in [6.07, 6.45) is 6.88. The standard InChI is InChI=1S/C15H22ClN/c1-2-15(9-5-6-10-15)12-17-11-13-7-3-4-8-14(13)16/h3-4,7-8,17H,2,5-6,9-12H2,1H3. The smallest absolute Gasteiger partial charge is 0.0450 e. The second kappa shape index (κ2) is 5.88. The molecule has 1 aromatic carbocycles. The fraction of sp³-hybridized carbons (Fsp3) is 0.600. The summed E-state index contributed by atoms with van der Waals surface area (Å²) in [7, 11) is 0. The fourth-order valence-corrected chi connectivity index (χ4v) is 3.09. The van der Waals surface area contributed by atoms with E-state index >= 15 is 0 Å². The number of nitrogens with one attached hydrogen (secondary N) is 1. The van der Waals surface area contributed by atoms with Gasteiger partial charge in [-0.1, -0.05) is 49.6 Å². The Balaban J connectivity index is 1.85. The number of benzene rings is 1. The SMILES string of the molecule is CCC1(CNCc2ccccc2Cl)CCCC1. The predicted octanol–water partition coefficient (Wildman–Crippen LogP) is 4.40. The molecular weight excluding hydrogens is 230 g/mol. The van der Waals surface area contributed by atoms with Gasteiger partial charge in [0.15, 0.2) is 0 Å². The van der Waals surface area contributed by atoms with E-state index in [9.17, 15) is 0 Å². The Morgan fingerprint density at radius 3 is 2.59 bits per heavy atom. The van der Waals surface area contributed by atoms with Crippen LogP contribution in [0.15, 0.2) is 24.3 Å². The maximum atomic E-state index is 6.15. The normalized spacial score (nSPS) is 18.5. The summed E-state index contributed by atoms with van der Waals surface area (Å²) in [5.74, 6) is 0. The van der Waals surface area contributed by atoms with E-state index in [-0.39, 0.29) is 0 Å². The van der Waals surface area contributed by atoms with Crippen molar-refractivity contribution in [3.8, 4) is 0 Å². The lowest BCUT2D eigenvalue weighted by atomic mass is 9.83. The van der Waals surface area contributed by atoms with Crippen LogP contribution in [0.1, 0.15) is 44.6 Å². The third-order valence-electron chi connectivity index (χ3n) is 4.19. The summed E-state index contributed by atoms with van der Waals surface area (Å²) in [6, 6.07) is 8.09. The van der Waals surface area contributed by atoms with Crippen molar-refractivity contribution in [1.29, 1.82) is 0 Å². The van der Waals surface area contributed by atoms with Gasteiger partial charge in [-0.15, -0.1) is 0 Å². The first-order chi connectivity index (χ1) is 8.26. The zero-order valence-electron chi connectivity index (χ0n) is 10.6. The first kappa shape index (κ1) is 12.9. The van der Waals surface area contributed by atoms with Crippen molar-refractivity contribution in [3.05, 3.63) is 34.9 Å². The highest BCUT2D eigenvalue weighted by molar-refractivity contribution is 6.31. The molecule has 1 aromatic rings. The van der Waals surface area contributed by atoms with Crippen LogP contribution in [-0.4, -0.2) is 6.54 Å². The van der Waals surface area contributed by atoms with E-state index in [1.165, 1.54) is 37.7 Å². The molecule has 1 saturated carbocycles. The molecule has 0 atom stereocenters. The molecule has 0 aliphatic heterocycles. The van der Waals surface area contributed by atoms with Gasteiger partial charge in [0.2, 0.25) is 0 Å². The molecule has 1 aliphatic rings. The van der Waals surface area contributed by atoms with Crippen molar-refractivity contribution in [2.75, 3.05) is 6.54 Å². The van der Waals surface area contributed by atoms with E-state index in [0.717, 1.165) is 18.1 Å². The molecule has 2 rings (SSSR count).